The van der Waals surface area contributed by atoms with Crippen molar-refractivity contribution in [3.05, 3.63) is 71.4 Å². The third-order valence-electron chi connectivity index (χ3n) is 3.93. The molecule has 0 saturated heterocycles. The molecule has 6 nitrogen and oxygen atoms in total. The molecule has 0 fully saturated rings. The van der Waals surface area contributed by atoms with Crippen LogP contribution in [0.15, 0.2) is 59.8 Å². The van der Waals surface area contributed by atoms with E-state index >= 15 is 0 Å². The second-order valence-electron chi connectivity index (χ2n) is 5.88. The van der Waals surface area contributed by atoms with Gasteiger partial charge in [-0.2, -0.15) is 10.2 Å². The Kier molecular flexibility index (Phi) is 5.43. The zero-order valence-electron chi connectivity index (χ0n) is 14.7. The minimum absolute atomic E-state index is 0.188. The van der Waals surface area contributed by atoms with Gasteiger partial charge in [0.15, 0.2) is 0 Å². The highest BCUT2D eigenvalue weighted by Gasteiger charge is 2.06. The summed E-state index contributed by atoms with van der Waals surface area (Å²) in [6.07, 6.45) is 3.51. The average Bonchev–Trinajstić information content (AvgIpc) is 3.11. The number of aromatic nitrogens is 2. The molecule has 6 heteroatoms. The van der Waals surface area contributed by atoms with Crippen LogP contribution >= 0.6 is 0 Å². The van der Waals surface area contributed by atoms with Crippen molar-refractivity contribution in [3.8, 4) is 17.0 Å². The van der Waals surface area contributed by atoms with Gasteiger partial charge in [0.05, 0.1) is 31.6 Å². The first-order valence-electron chi connectivity index (χ1n) is 8.21. The fourth-order valence-electron chi connectivity index (χ4n) is 2.49. The van der Waals surface area contributed by atoms with E-state index in [1.165, 1.54) is 5.56 Å². The number of rotatable bonds is 6. The van der Waals surface area contributed by atoms with E-state index in [-0.39, 0.29) is 12.3 Å². The van der Waals surface area contributed by atoms with E-state index in [4.69, 9.17) is 4.74 Å². The molecule has 26 heavy (non-hydrogen) atoms. The maximum absolute atomic E-state index is 12.0. The summed E-state index contributed by atoms with van der Waals surface area (Å²) >= 11 is 0. The summed E-state index contributed by atoms with van der Waals surface area (Å²) in [6.45, 7) is 2.04. The van der Waals surface area contributed by atoms with Crippen LogP contribution in [0.5, 0.6) is 5.75 Å². The molecule has 0 aliphatic rings. The molecule has 1 aromatic heterocycles. The van der Waals surface area contributed by atoms with Crippen LogP contribution in [0, 0.1) is 6.92 Å². The van der Waals surface area contributed by atoms with Crippen LogP contribution in [-0.2, 0) is 11.2 Å². The van der Waals surface area contributed by atoms with Gasteiger partial charge in [-0.25, -0.2) is 5.43 Å². The van der Waals surface area contributed by atoms with Crippen LogP contribution < -0.4 is 10.2 Å². The van der Waals surface area contributed by atoms with Gasteiger partial charge in [-0.05, 0) is 24.6 Å². The summed E-state index contributed by atoms with van der Waals surface area (Å²) in [7, 11) is 1.61. The minimum Gasteiger partial charge on any atom is -0.497 e. The number of benzene rings is 2. The van der Waals surface area contributed by atoms with Crippen LogP contribution in [-0.4, -0.2) is 29.4 Å². The van der Waals surface area contributed by atoms with Crippen molar-refractivity contribution in [3.63, 3.8) is 0 Å². The lowest BCUT2D eigenvalue weighted by molar-refractivity contribution is -0.120. The Morgan fingerprint density at radius 3 is 2.62 bits per heavy atom. The van der Waals surface area contributed by atoms with Gasteiger partial charge in [-0.15, -0.1) is 0 Å². The van der Waals surface area contributed by atoms with Crippen molar-refractivity contribution < 1.29 is 9.53 Å². The maximum Gasteiger partial charge on any atom is 0.244 e. The number of methoxy groups -OCH3 is 1. The van der Waals surface area contributed by atoms with Gasteiger partial charge in [0, 0.05) is 11.1 Å². The summed E-state index contributed by atoms with van der Waals surface area (Å²) in [4.78, 5) is 12.0. The van der Waals surface area contributed by atoms with E-state index in [1.54, 1.807) is 19.5 Å². The zero-order valence-corrected chi connectivity index (χ0v) is 14.7. The number of amides is 1. The van der Waals surface area contributed by atoms with Crippen molar-refractivity contribution >= 4 is 12.1 Å². The molecule has 1 heterocycles. The predicted molar refractivity (Wildman–Crippen MR) is 101 cm³/mol. The maximum atomic E-state index is 12.0. The van der Waals surface area contributed by atoms with Gasteiger partial charge in [0.1, 0.15) is 5.75 Å². The Morgan fingerprint density at radius 2 is 1.92 bits per heavy atom. The van der Waals surface area contributed by atoms with Gasteiger partial charge >= 0.3 is 0 Å². The summed E-state index contributed by atoms with van der Waals surface area (Å²) in [6, 6.07) is 15.5. The minimum atomic E-state index is -0.188. The number of nitrogens with zero attached hydrogens (tertiary/aromatic N) is 2. The number of H-pyrrole nitrogens is 1. The van der Waals surface area contributed by atoms with Crippen molar-refractivity contribution in [2.75, 3.05) is 7.11 Å². The molecule has 0 aliphatic heterocycles. The monoisotopic (exact) mass is 348 g/mol. The number of aryl methyl sites for hydroxylation is 1. The second-order valence-corrected chi connectivity index (χ2v) is 5.88. The van der Waals surface area contributed by atoms with Crippen LogP contribution in [0.1, 0.15) is 16.7 Å². The Hall–Kier alpha value is -3.41. The smallest absolute Gasteiger partial charge is 0.244 e. The molecule has 0 saturated carbocycles. The second kappa shape index (κ2) is 8.11. The molecule has 1 amide bonds. The van der Waals surface area contributed by atoms with Crippen LogP contribution in [0.25, 0.3) is 11.3 Å². The molecule has 0 aliphatic carbocycles. The number of carbonyl (C=O) groups is 1. The van der Waals surface area contributed by atoms with Crippen LogP contribution in [0.4, 0.5) is 0 Å². The summed E-state index contributed by atoms with van der Waals surface area (Å²) in [5.74, 6) is 0.572. The first-order chi connectivity index (χ1) is 12.7. The number of hydrogen-bond donors (Lipinski definition) is 2. The Morgan fingerprint density at radius 1 is 1.19 bits per heavy atom. The average molecular weight is 348 g/mol. The number of hydrazone groups is 1. The molecule has 0 atom stereocenters. The molecule has 0 unspecified atom stereocenters. The highest BCUT2D eigenvalue weighted by Crippen LogP contribution is 2.20. The largest absolute Gasteiger partial charge is 0.497 e. The highest BCUT2D eigenvalue weighted by molar-refractivity contribution is 5.89. The first kappa shape index (κ1) is 17.4. The number of carbonyl (C=O) groups excluding carboxylic acids is 1. The van der Waals surface area contributed by atoms with Crippen molar-refractivity contribution in [1.29, 1.82) is 0 Å². The molecule has 132 valence electrons. The van der Waals surface area contributed by atoms with E-state index < -0.39 is 0 Å². The number of hydrogen-bond acceptors (Lipinski definition) is 4. The van der Waals surface area contributed by atoms with Crippen molar-refractivity contribution in [2.24, 2.45) is 5.10 Å². The number of aromatic amines is 1. The lowest BCUT2D eigenvalue weighted by Crippen LogP contribution is -2.19. The normalized spacial score (nSPS) is 10.8. The van der Waals surface area contributed by atoms with Crippen molar-refractivity contribution in [1.82, 2.24) is 15.6 Å². The van der Waals surface area contributed by atoms with E-state index in [0.29, 0.717) is 0 Å². The summed E-state index contributed by atoms with van der Waals surface area (Å²) < 4.78 is 5.10. The molecule has 3 rings (SSSR count). The number of ether oxygens (including phenoxy) is 1. The predicted octanol–water partition coefficient (Wildman–Crippen LogP) is 3.09. The van der Waals surface area contributed by atoms with Crippen LogP contribution in [0.3, 0.4) is 0 Å². The Labute approximate surface area is 151 Å². The topological polar surface area (TPSA) is 79.4 Å². The van der Waals surface area contributed by atoms with Crippen molar-refractivity contribution in [2.45, 2.75) is 13.3 Å². The van der Waals surface area contributed by atoms with Gasteiger partial charge in [-0.1, -0.05) is 42.0 Å². The lowest BCUT2D eigenvalue weighted by Gasteiger charge is -2.03. The first-order valence-corrected chi connectivity index (χ1v) is 8.21. The van der Waals surface area contributed by atoms with E-state index in [2.05, 4.69) is 20.7 Å². The van der Waals surface area contributed by atoms with Gasteiger partial charge in [-0.3, -0.25) is 9.89 Å². The summed E-state index contributed by atoms with van der Waals surface area (Å²) in [5, 5.41) is 11.1. The molecule has 0 spiro atoms. The van der Waals surface area contributed by atoms with E-state index in [0.717, 1.165) is 28.1 Å². The zero-order chi connectivity index (χ0) is 18.4. The fourth-order valence-corrected chi connectivity index (χ4v) is 2.49. The molecule has 3 aromatic rings. The summed E-state index contributed by atoms with van der Waals surface area (Å²) in [5.41, 5.74) is 7.30. The molecule has 2 aromatic carbocycles. The SMILES string of the molecule is COc1ccc(CC(=O)N/N=C/c2cn[nH]c2-c2ccc(C)cc2)cc1. The van der Waals surface area contributed by atoms with Gasteiger partial charge in [0.2, 0.25) is 5.91 Å². The van der Waals surface area contributed by atoms with Gasteiger partial charge in [0.25, 0.3) is 0 Å². The van der Waals surface area contributed by atoms with Gasteiger partial charge < -0.3 is 4.74 Å². The quantitative estimate of drug-likeness (QED) is 0.531. The number of nitrogens with one attached hydrogen (secondary N) is 2. The Balaban J connectivity index is 1.61. The molecular weight excluding hydrogens is 328 g/mol. The third-order valence-corrected chi connectivity index (χ3v) is 3.93. The van der Waals surface area contributed by atoms with E-state index in [1.807, 2.05) is 55.5 Å². The fraction of sp³-hybridized carbons (Fsp3) is 0.150. The molecule has 0 bridgehead atoms. The lowest BCUT2D eigenvalue weighted by atomic mass is 10.1. The van der Waals surface area contributed by atoms with Crippen LogP contribution in [0.2, 0.25) is 0 Å². The van der Waals surface area contributed by atoms with E-state index in [9.17, 15) is 4.79 Å². The third kappa shape index (κ3) is 4.36. The highest BCUT2D eigenvalue weighted by atomic mass is 16.5. The Bertz CT molecular complexity index is 896. The molecular formula is C20H20N4O2. The standard InChI is InChI=1S/C20H20N4O2/c1-14-3-7-16(8-4-14)20-17(13-22-24-20)12-21-23-19(25)11-15-5-9-18(26-2)10-6-15/h3-10,12-13H,11H2,1-2H3,(H,22,24)(H,23,25)/b21-12+. The molecule has 0 radical (unpaired) electrons. The molecule has 2 N–H and O–H groups in total.